The third-order valence-corrected chi connectivity index (χ3v) is 5.78. The second-order valence-electron chi connectivity index (χ2n) is 6.79. The van der Waals surface area contributed by atoms with Crippen LogP contribution in [0.15, 0.2) is 30.5 Å². The van der Waals surface area contributed by atoms with E-state index in [4.69, 9.17) is 4.74 Å². The Hall–Kier alpha value is -1.25. The molecular weight excluding hydrogens is 424 g/mol. The first-order valence-electron chi connectivity index (χ1n) is 8.77. The second kappa shape index (κ2) is 11.7. The molecule has 9 heteroatoms. The molecule has 1 aliphatic heterocycles. The Morgan fingerprint density at radius 2 is 1.96 bits per heavy atom. The normalized spacial score (nSPS) is 15.2. The van der Waals surface area contributed by atoms with Crippen LogP contribution in [0.4, 0.5) is 4.39 Å². The van der Waals surface area contributed by atoms with Gasteiger partial charge in [0, 0.05) is 25.5 Å². The molecule has 5 nitrogen and oxygen atoms in total. The van der Waals surface area contributed by atoms with Gasteiger partial charge in [-0.1, -0.05) is 12.1 Å². The number of amides is 1. The van der Waals surface area contributed by atoms with Crippen molar-refractivity contribution in [2.75, 3.05) is 33.4 Å². The molecule has 1 aliphatic rings. The number of carbonyl (C=O) groups is 1. The Morgan fingerprint density at radius 1 is 1.29 bits per heavy atom. The maximum Gasteiger partial charge on any atom is 0.263 e. The lowest BCUT2D eigenvalue weighted by Gasteiger charge is -2.37. The number of carbonyl (C=O) groups excluding carboxylic acids is 1. The van der Waals surface area contributed by atoms with Crippen LogP contribution in [-0.4, -0.2) is 44.2 Å². The molecule has 0 spiro atoms. The van der Waals surface area contributed by atoms with Crippen molar-refractivity contribution in [1.29, 1.82) is 0 Å². The molecule has 1 aromatic heterocycles. The predicted octanol–water partition coefficient (Wildman–Crippen LogP) is 3.46. The fraction of sp³-hybridized carbons (Fsp3) is 0.474. The first-order chi connectivity index (χ1) is 12.6. The lowest BCUT2D eigenvalue weighted by Crippen LogP contribution is -2.47. The highest BCUT2D eigenvalue weighted by Gasteiger charge is 2.32. The van der Waals surface area contributed by atoms with Crippen LogP contribution in [0.5, 0.6) is 0 Å². The summed E-state index contributed by atoms with van der Waals surface area (Å²) in [5.41, 5.74) is 0.971. The molecule has 2 N–H and O–H groups in total. The molecule has 0 aliphatic carbocycles. The number of nitrogens with zero attached hydrogens (tertiary/aromatic N) is 1. The largest absolute Gasteiger partial charge is 0.384 e. The van der Waals surface area contributed by atoms with Crippen LogP contribution in [0.1, 0.15) is 33.1 Å². The Kier molecular flexibility index (Phi) is 10.3. The summed E-state index contributed by atoms with van der Waals surface area (Å²) in [6, 6.07) is 6.35. The van der Waals surface area contributed by atoms with Crippen LogP contribution in [-0.2, 0) is 11.2 Å². The minimum absolute atomic E-state index is 0. The van der Waals surface area contributed by atoms with Crippen LogP contribution < -0.4 is 10.6 Å². The molecule has 3 rings (SSSR count). The number of hydrogen-bond acceptors (Lipinski definition) is 5. The van der Waals surface area contributed by atoms with E-state index in [0.717, 1.165) is 36.5 Å². The van der Waals surface area contributed by atoms with E-state index in [-0.39, 0.29) is 42.0 Å². The molecule has 156 valence electrons. The van der Waals surface area contributed by atoms with Gasteiger partial charge in [-0.25, -0.2) is 9.37 Å². The van der Waals surface area contributed by atoms with E-state index in [1.165, 1.54) is 23.5 Å². The summed E-state index contributed by atoms with van der Waals surface area (Å²) in [4.78, 5) is 17.4. The number of hydrogen-bond donors (Lipinski definition) is 2. The maximum absolute atomic E-state index is 13.0. The minimum Gasteiger partial charge on any atom is -0.384 e. The Balaban J connectivity index is 0.00000196. The molecule has 1 aromatic carbocycles. The minimum atomic E-state index is -0.254. The lowest BCUT2D eigenvalue weighted by molar-refractivity contribution is 0.0512. The molecule has 1 fully saturated rings. The monoisotopic (exact) mass is 449 g/mol. The van der Waals surface area contributed by atoms with Crippen LogP contribution >= 0.6 is 36.2 Å². The summed E-state index contributed by atoms with van der Waals surface area (Å²) < 4.78 is 18.4. The van der Waals surface area contributed by atoms with E-state index in [1.54, 1.807) is 25.4 Å². The standard InChI is InChI=1S/C19H24FN3O2S.2ClH/c1-25-13-19(6-8-21-9-7-19)12-23-18(24)16-11-22-17(26-16)10-14-2-4-15(20)5-3-14;;/h2-5,11,21H,6-10,12-13H2,1H3,(H,23,24);2*1H. The van der Waals surface area contributed by atoms with Gasteiger partial charge in [0.25, 0.3) is 5.91 Å². The molecule has 0 atom stereocenters. The zero-order chi connectivity index (χ0) is 18.4. The third kappa shape index (κ3) is 6.67. The summed E-state index contributed by atoms with van der Waals surface area (Å²) in [5.74, 6) is -0.349. The molecule has 2 heterocycles. The van der Waals surface area contributed by atoms with Gasteiger partial charge < -0.3 is 15.4 Å². The van der Waals surface area contributed by atoms with Crippen molar-refractivity contribution in [2.45, 2.75) is 19.3 Å². The molecule has 0 radical (unpaired) electrons. The van der Waals surface area contributed by atoms with Gasteiger partial charge in [0.05, 0.1) is 17.8 Å². The van der Waals surface area contributed by atoms with E-state index in [9.17, 15) is 9.18 Å². The number of rotatable bonds is 7. The number of halogens is 3. The van der Waals surface area contributed by atoms with Crippen molar-refractivity contribution in [3.63, 3.8) is 0 Å². The van der Waals surface area contributed by atoms with Crippen molar-refractivity contribution < 1.29 is 13.9 Å². The molecule has 0 unspecified atom stereocenters. The van der Waals surface area contributed by atoms with E-state index in [2.05, 4.69) is 15.6 Å². The summed E-state index contributed by atoms with van der Waals surface area (Å²) in [6.45, 7) is 3.14. The van der Waals surface area contributed by atoms with Crippen LogP contribution in [0, 0.1) is 11.2 Å². The molecule has 1 saturated heterocycles. The number of thiazole rings is 1. The van der Waals surface area contributed by atoms with Crippen molar-refractivity contribution in [2.24, 2.45) is 5.41 Å². The average Bonchev–Trinajstić information content (AvgIpc) is 3.11. The van der Waals surface area contributed by atoms with Gasteiger partial charge in [-0.2, -0.15) is 0 Å². The zero-order valence-electron chi connectivity index (χ0n) is 15.7. The van der Waals surface area contributed by atoms with Crippen LogP contribution in [0.3, 0.4) is 0 Å². The molecule has 1 amide bonds. The summed E-state index contributed by atoms with van der Waals surface area (Å²) >= 11 is 1.38. The molecule has 0 saturated carbocycles. The van der Waals surface area contributed by atoms with E-state index < -0.39 is 0 Å². The molecule has 0 bridgehead atoms. The Labute approximate surface area is 181 Å². The highest BCUT2D eigenvalue weighted by atomic mass is 35.5. The zero-order valence-corrected chi connectivity index (χ0v) is 18.2. The van der Waals surface area contributed by atoms with Crippen molar-refractivity contribution >= 4 is 42.1 Å². The maximum atomic E-state index is 13.0. The lowest BCUT2D eigenvalue weighted by atomic mass is 9.79. The SMILES string of the molecule is COCC1(CNC(=O)c2cnc(Cc3ccc(F)cc3)s2)CCNCC1.Cl.Cl. The number of nitrogens with one attached hydrogen (secondary N) is 2. The summed E-state index contributed by atoms with van der Waals surface area (Å²) in [5, 5.41) is 7.24. The second-order valence-corrected chi connectivity index (χ2v) is 7.90. The van der Waals surface area contributed by atoms with Gasteiger partial charge in [-0.05, 0) is 43.6 Å². The Morgan fingerprint density at radius 3 is 2.61 bits per heavy atom. The van der Waals surface area contributed by atoms with Gasteiger partial charge in [0.2, 0.25) is 0 Å². The van der Waals surface area contributed by atoms with Crippen LogP contribution in [0.25, 0.3) is 0 Å². The van der Waals surface area contributed by atoms with Gasteiger partial charge in [-0.15, -0.1) is 36.2 Å². The number of ether oxygens (including phenoxy) is 1. The molecule has 2 aromatic rings. The van der Waals surface area contributed by atoms with Crippen LogP contribution in [0.2, 0.25) is 0 Å². The fourth-order valence-electron chi connectivity index (χ4n) is 3.26. The van der Waals surface area contributed by atoms with E-state index in [0.29, 0.717) is 24.4 Å². The van der Waals surface area contributed by atoms with Crippen molar-refractivity contribution in [1.82, 2.24) is 15.6 Å². The number of piperidine rings is 1. The number of methoxy groups -OCH3 is 1. The number of aromatic nitrogens is 1. The summed E-state index contributed by atoms with van der Waals surface area (Å²) in [6.07, 6.45) is 4.18. The van der Waals surface area contributed by atoms with Crippen molar-refractivity contribution in [3.05, 3.63) is 51.7 Å². The predicted molar refractivity (Wildman–Crippen MR) is 115 cm³/mol. The smallest absolute Gasteiger partial charge is 0.263 e. The molecular formula is C19H26Cl2FN3O2S. The number of benzene rings is 1. The Bertz CT molecular complexity index is 732. The topological polar surface area (TPSA) is 63.2 Å². The highest BCUT2D eigenvalue weighted by molar-refractivity contribution is 7.13. The molecule has 28 heavy (non-hydrogen) atoms. The third-order valence-electron chi connectivity index (χ3n) is 4.78. The van der Waals surface area contributed by atoms with Crippen molar-refractivity contribution in [3.8, 4) is 0 Å². The highest BCUT2D eigenvalue weighted by Crippen LogP contribution is 2.28. The van der Waals surface area contributed by atoms with E-state index in [1.807, 2.05) is 0 Å². The van der Waals surface area contributed by atoms with Gasteiger partial charge in [0.15, 0.2) is 0 Å². The first kappa shape index (κ1) is 24.8. The first-order valence-corrected chi connectivity index (χ1v) is 9.59. The average molecular weight is 450 g/mol. The van der Waals surface area contributed by atoms with Gasteiger partial charge in [-0.3, -0.25) is 4.79 Å². The summed E-state index contributed by atoms with van der Waals surface area (Å²) in [7, 11) is 1.70. The van der Waals surface area contributed by atoms with E-state index >= 15 is 0 Å². The fourth-order valence-corrected chi connectivity index (χ4v) is 4.13. The van der Waals surface area contributed by atoms with Gasteiger partial charge >= 0.3 is 0 Å². The van der Waals surface area contributed by atoms with Gasteiger partial charge in [0.1, 0.15) is 10.7 Å². The quantitative estimate of drug-likeness (QED) is 0.679.